The largest absolute Gasteiger partial charge is 0.357 e. The van der Waals surface area contributed by atoms with Gasteiger partial charge in [-0.15, -0.1) is 0 Å². The average molecular weight is 261 g/mol. The van der Waals surface area contributed by atoms with Crippen LogP contribution in [0.25, 0.3) is 0 Å². The lowest BCUT2D eigenvalue weighted by Gasteiger charge is -2.22. The van der Waals surface area contributed by atoms with Crippen LogP contribution in [-0.4, -0.2) is 24.6 Å². The average Bonchev–Trinajstić information content (AvgIpc) is 3.22. The number of pyridine rings is 1. The quantitative estimate of drug-likeness (QED) is 0.729. The van der Waals surface area contributed by atoms with Gasteiger partial charge in [-0.1, -0.05) is 13.0 Å². The first-order chi connectivity index (χ1) is 9.24. The van der Waals surface area contributed by atoms with Crippen LogP contribution in [-0.2, 0) is 6.54 Å². The topological polar surface area (TPSA) is 28.2 Å². The van der Waals surface area contributed by atoms with Crippen LogP contribution >= 0.6 is 0 Å². The van der Waals surface area contributed by atoms with Gasteiger partial charge in [0.25, 0.3) is 0 Å². The van der Waals surface area contributed by atoms with Crippen molar-refractivity contribution in [3.63, 3.8) is 0 Å². The van der Waals surface area contributed by atoms with E-state index < -0.39 is 0 Å². The molecule has 3 heteroatoms. The highest BCUT2D eigenvalue weighted by atomic mass is 15.2. The molecular weight excluding hydrogens is 234 g/mol. The lowest BCUT2D eigenvalue weighted by atomic mass is 10.2. The summed E-state index contributed by atoms with van der Waals surface area (Å²) in [4.78, 5) is 7.20. The van der Waals surface area contributed by atoms with Crippen molar-refractivity contribution >= 4 is 5.82 Å². The van der Waals surface area contributed by atoms with Crippen molar-refractivity contribution in [2.24, 2.45) is 5.92 Å². The Morgan fingerprint density at radius 2 is 2.11 bits per heavy atom. The first kappa shape index (κ1) is 14.3. The van der Waals surface area contributed by atoms with E-state index in [4.69, 9.17) is 4.98 Å². The van der Waals surface area contributed by atoms with Gasteiger partial charge in [0.1, 0.15) is 5.82 Å². The third kappa shape index (κ3) is 4.20. The van der Waals surface area contributed by atoms with Crippen LogP contribution in [0.4, 0.5) is 5.82 Å². The van der Waals surface area contributed by atoms with E-state index in [0.29, 0.717) is 0 Å². The lowest BCUT2D eigenvalue weighted by Crippen LogP contribution is -2.26. The van der Waals surface area contributed by atoms with Crippen LogP contribution in [0.1, 0.15) is 44.4 Å². The van der Waals surface area contributed by atoms with E-state index in [1.807, 2.05) is 0 Å². The zero-order chi connectivity index (χ0) is 13.7. The van der Waals surface area contributed by atoms with E-state index in [1.54, 1.807) is 0 Å². The van der Waals surface area contributed by atoms with Crippen molar-refractivity contribution in [3.05, 3.63) is 23.4 Å². The highest BCUT2D eigenvalue weighted by molar-refractivity contribution is 5.41. The summed E-state index contributed by atoms with van der Waals surface area (Å²) >= 11 is 0. The molecule has 0 atom stereocenters. The van der Waals surface area contributed by atoms with E-state index in [2.05, 4.69) is 43.1 Å². The summed E-state index contributed by atoms with van der Waals surface area (Å²) < 4.78 is 0. The minimum atomic E-state index is 0.910. The molecule has 0 bridgehead atoms. The molecule has 1 heterocycles. The molecule has 0 aromatic carbocycles. The predicted octanol–water partition coefficient (Wildman–Crippen LogP) is 3.13. The number of aromatic nitrogens is 1. The maximum atomic E-state index is 4.79. The fourth-order valence-electron chi connectivity index (χ4n) is 2.34. The number of hydrogen-bond donors (Lipinski definition) is 1. The molecule has 1 aliphatic carbocycles. The smallest absolute Gasteiger partial charge is 0.128 e. The number of anilines is 1. The monoisotopic (exact) mass is 261 g/mol. The highest BCUT2D eigenvalue weighted by Gasteiger charge is 2.24. The molecule has 1 saturated carbocycles. The van der Waals surface area contributed by atoms with Crippen molar-refractivity contribution in [2.75, 3.05) is 24.5 Å². The summed E-state index contributed by atoms with van der Waals surface area (Å²) in [6.45, 7) is 10.8. The Morgan fingerprint density at radius 1 is 1.32 bits per heavy atom. The Bertz CT molecular complexity index is 399. The number of nitrogens with zero attached hydrogens (tertiary/aromatic N) is 2. The van der Waals surface area contributed by atoms with Gasteiger partial charge in [-0.25, -0.2) is 4.98 Å². The molecule has 19 heavy (non-hydrogen) atoms. The molecule has 0 unspecified atom stereocenters. The van der Waals surface area contributed by atoms with E-state index in [9.17, 15) is 0 Å². The van der Waals surface area contributed by atoms with Gasteiger partial charge in [0.15, 0.2) is 0 Å². The van der Waals surface area contributed by atoms with Crippen LogP contribution in [0, 0.1) is 12.8 Å². The molecule has 0 saturated heterocycles. The molecule has 2 rings (SSSR count). The molecule has 1 aliphatic rings. The third-order valence-corrected chi connectivity index (χ3v) is 3.80. The third-order valence-electron chi connectivity index (χ3n) is 3.80. The zero-order valence-electron chi connectivity index (χ0n) is 12.6. The minimum absolute atomic E-state index is 0.910. The zero-order valence-corrected chi connectivity index (χ0v) is 12.6. The second-order valence-corrected chi connectivity index (χ2v) is 5.57. The maximum absolute atomic E-state index is 4.79. The predicted molar refractivity (Wildman–Crippen MR) is 81.6 cm³/mol. The van der Waals surface area contributed by atoms with Gasteiger partial charge < -0.3 is 10.2 Å². The Balaban J connectivity index is 1.99. The second-order valence-electron chi connectivity index (χ2n) is 5.57. The standard InChI is InChI=1S/C16H27N3/c1-4-10-17-11-15-8-9-16(18-13(15)3)19(5-2)12-14-6-7-14/h8-9,14,17H,4-7,10-12H2,1-3H3. The number of hydrogen-bond acceptors (Lipinski definition) is 3. The molecule has 0 radical (unpaired) electrons. The van der Waals surface area contributed by atoms with Gasteiger partial charge in [0.05, 0.1) is 0 Å². The summed E-state index contributed by atoms with van der Waals surface area (Å²) in [5.41, 5.74) is 2.48. The van der Waals surface area contributed by atoms with Crippen LogP contribution in [0.3, 0.4) is 0 Å². The molecule has 106 valence electrons. The Hall–Kier alpha value is -1.09. The molecule has 0 aliphatic heterocycles. The summed E-state index contributed by atoms with van der Waals surface area (Å²) in [5.74, 6) is 2.05. The molecule has 1 aromatic rings. The Morgan fingerprint density at radius 3 is 2.68 bits per heavy atom. The maximum Gasteiger partial charge on any atom is 0.128 e. The van der Waals surface area contributed by atoms with Crippen molar-refractivity contribution < 1.29 is 0 Å². The highest BCUT2D eigenvalue weighted by Crippen LogP contribution is 2.31. The van der Waals surface area contributed by atoms with E-state index in [0.717, 1.165) is 37.1 Å². The molecule has 0 amide bonds. The van der Waals surface area contributed by atoms with Crippen molar-refractivity contribution in [3.8, 4) is 0 Å². The number of nitrogens with one attached hydrogen (secondary N) is 1. The first-order valence-electron chi connectivity index (χ1n) is 7.66. The van der Waals surface area contributed by atoms with Gasteiger partial charge in [0, 0.05) is 25.3 Å². The van der Waals surface area contributed by atoms with Crippen molar-refractivity contribution in [1.29, 1.82) is 0 Å². The van der Waals surface area contributed by atoms with Crippen LogP contribution < -0.4 is 10.2 Å². The minimum Gasteiger partial charge on any atom is -0.357 e. The SMILES string of the molecule is CCCNCc1ccc(N(CC)CC2CC2)nc1C. The fraction of sp³-hybridized carbons (Fsp3) is 0.688. The summed E-state index contributed by atoms with van der Waals surface area (Å²) in [6, 6.07) is 4.41. The first-order valence-corrected chi connectivity index (χ1v) is 7.66. The van der Waals surface area contributed by atoms with Gasteiger partial charge in [-0.2, -0.15) is 0 Å². The molecule has 1 N–H and O–H groups in total. The fourth-order valence-corrected chi connectivity index (χ4v) is 2.34. The van der Waals surface area contributed by atoms with Gasteiger partial charge >= 0.3 is 0 Å². The summed E-state index contributed by atoms with van der Waals surface area (Å²) in [7, 11) is 0. The number of rotatable bonds is 8. The molecule has 1 fully saturated rings. The lowest BCUT2D eigenvalue weighted by molar-refractivity contribution is 0.669. The van der Waals surface area contributed by atoms with Crippen molar-refractivity contribution in [1.82, 2.24) is 10.3 Å². The second kappa shape index (κ2) is 6.90. The van der Waals surface area contributed by atoms with Gasteiger partial charge in [-0.05, 0) is 57.2 Å². The van der Waals surface area contributed by atoms with Crippen LogP contribution in [0.15, 0.2) is 12.1 Å². The summed E-state index contributed by atoms with van der Waals surface area (Å²) in [5, 5.41) is 3.44. The van der Waals surface area contributed by atoms with E-state index in [1.165, 1.54) is 31.4 Å². The van der Waals surface area contributed by atoms with Gasteiger partial charge in [-0.3, -0.25) is 0 Å². The number of aryl methyl sites for hydroxylation is 1. The summed E-state index contributed by atoms with van der Waals surface area (Å²) in [6.07, 6.45) is 3.97. The Labute approximate surface area is 117 Å². The Kier molecular flexibility index (Phi) is 5.20. The van der Waals surface area contributed by atoms with Crippen molar-refractivity contribution in [2.45, 2.75) is 46.6 Å². The van der Waals surface area contributed by atoms with E-state index in [-0.39, 0.29) is 0 Å². The molecule has 1 aromatic heterocycles. The van der Waals surface area contributed by atoms with Crippen LogP contribution in [0.2, 0.25) is 0 Å². The van der Waals surface area contributed by atoms with Crippen LogP contribution in [0.5, 0.6) is 0 Å². The normalized spacial score (nSPS) is 14.7. The van der Waals surface area contributed by atoms with E-state index >= 15 is 0 Å². The molecule has 3 nitrogen and oxygen atoms in total. The van der Waals surface area contributed by atoms with Gasteiger partial charge in [0.2, 0.25) is 0 Å². The molecular formula is C16H27N3. The molecule has 0 spiro atoms.